The molecule has 0 unspecified atom stereocenters. The summed E-state index contributed by atoms with van der Waals surface area (Å²) in [6.07, 6.45) is 7.26. The standard InChI is InChI=1S/C20H23NO5S2/c1-2-25-16-10-13(8-9-15(16)26-12-18(22)23)11-17-19(24)21(20(27)28-17)14-6-4-3-5-7-14/h8-11,14H,2-7,12H2,1H3,(H,22,23)/p-1/b17-11+. The summed E-state index contributed by atoms with van der Waals surface area (Å²) in [6.45, 7) is 1.67. The Hall–Kier alpha value is -2.06. The minimum absolute atomic E-state index is 0.0443. The third-order valence-electron chi connectivity index (χ3n) is 4.67. The number of carboxylic acids is 1. The monoisotopic (exact) mass is 420 g/mol. The molecule has 1 heterocycles. The fourth-order valence-electron chi connectivity index (χ4n) is 3.42. The van der Waals surface area contributed by atoms with E-state index < -0.39 is 12.6 Å². The van der Waals surface area contributed by atoms with Gasteiger partial charge in [-0.2, -0.15) is 0 Å². The van der Waals surface area contributed by atoms with Crippen LogP contribution in [-0.2, 0) is 9.59 Å². The molecule has 3 rings (SSSR count). The van der Waals surface area contributed by atoms with Crippen molar-refractivity contribution in [1.82, 2.24) is 4.90 Å². The number of ether oxygens (including phenoxy) is 2. The predicted octanol–water partition coefficient (Wildman–Crippen LogP) is 2.75. The van der Waals surface area contributed by atoms with Gasteiger partial charge in [-0.1, -0.05) is 49.3 Å². The zero-order valence-corrected chi connectivity index (χ0v) is 17.3. The highest BCUT2D eigenvalue weighted by Gasteiger charge is 2.37. The maximum absolute atomic E-state index is 12.9. The molecule has 1 aliphatic heterocycles. The first kappa shape index (κ1) is 20.7. The fourth-order valence-corrected chi connectivity index (χ4v) is 4.82. The number of benzene rings is 1. The molecule has 150 valence electrons. The molecule has 0 bridgehead atoms. The second kappa shape index (κ2) is 9.43. The molecule has 28 heavy (non-hydrogen) atoms. The lowest BCUT2D eigenvalue weighted by atomic mass is 9.94. The van der Waals surface area contributed by atoms with Crippen molar-refractivity contribution in [3.8, 4) is 11.5 Å². The Morgan fingerprint density at radius 1 is 1.29 bits per heavy atom. The highest BCUT2D eigenvalue weighted by molar-refractivity contribution is 8.26. The maximum Gasteiger partial charge on any atom is 0.266 e. The number of hydrogen-bond donors (Lipinski definition) is 0. The third kappa shape index (κ3) is 4.86. The molecule has 1 aromatic rings. The van der Waals surface area contributed by atoms with Crippen molar-refractivity contribution < 1.29 is 24.2 Å². The van der Waals surface area contributed by atoms with Crippen molar-refractivity contribution >= 4 is 46.3 Å². The number of nitrogens with zero attached hydrogens (tertiary/aromatic N) is 1. The Kier molecular flexibility index (Phi) is 6.96. The van der Waals surface area contributed by atoms with Crippen molar-refractivity contribution in [2.75, 3.05) is 13.2 Å². The number of hydrogen-bond acceptors (Lipinski definition) is 7. The first-order chi connectivity index (χ1) is 13.5. The summed E-state index contributed by atoms with van der Waals surface area (Å²) in [6, 6.07) is 5.30. The molecule has 8 heteroatoms. The molecule has 6 nitrogen and oxygen atoms in total. The Morgan fingerprint density at radius 2 is 2.04 bits per heavy atom. The molecule has 1 saturated carbocycles. The van der Waals surface area contributed by atoms with Gasteiger partial charge in [0.25, 0.3) is 5.91 Å². The van der Waals surface area contributed by atoms with Gasteiger partial charge in [0.1, 0.15) is 10.9 Å². The lowest BCUT2D eigenvalue weighted by Gasteiger charge is -2.29. The molecule has 2 aliphatic rings. The molecular weight excluding hydrogens is 398 g/mol. The molecule has 1 aromatic carbocycles. The minimum atomic E-state index is -1.31. The largest absolute Gasteiger partial charge is 0.546 e. The molecule has 0 radical (unpaired) electrons. The number of thioether (sulfide) groups is 1. The van der Waals surface area contributed by atoms with E-state index in [1.165, 1.54) is 18.2 Å². The minimum Gasteiger partial charge on any atom is -0.546 e. The van der Waals surface area contributed by atoms with Crippen LogP contribution >= 0.6 is 24.0 Å². The van der Waals surface area contributed by atoms with Crippen LogP contribution in [0.4, 0.5) is 0 Å². The van der Waals surface area contributed by atoms with Gasteiger partial charge < -0.3 is 19.4 Å². The Morgan fingerprint density at radius 3 is 2.71 bits per heavy atom. The lowest BCUT2D eigenvalue weighted by molar-refractivity contribution is -0.307. The summed E-state index contributed by atoms with van der Waals surface area (Å²) < 4.78 is 11.4. The summed E-state index contributed by atoms with van der Waals surface area (Å²) in [7, 11) is 0. The smallest absolute Gasteiger partial charge is 0.266 e. The first-order valence-corrected chi connectivity index (χ1v) is 10.6. The first-order valence-electron chi connectivity index (χ1n) is 9.36. The lowest BCUT2D eigenvalue weighted by Crippen LogP contribution is -2.39. The predicted molar refractivity (Wildman–Crippen MR) is 110 cm³/mol. The topological polar surface area (TPSA) is 78.9 Å². The van der Waals surface area contributed by atoms with Gasteiger partial charge in [-0.3, -0.25) is 9.69 Å². The quantitative estimate of drug-likeness (QED) is 0.496. The van der Waals surface area contributed by atoms with E-state index in [4.69, 9.17) is 21.7 Å². The zero-order valence-electron chi connectivity index (χ0n) is 15.6. The molecule has 0 aromatic heterocycles. The van der Waals surface area contributed by atoms with E-state index in [0.717, 1.165) is 31.2 Å². The van der Waals surface area contributed by atoms with E-state index in [1.807, 2.05) is 6.92 Å². The Bertz CT molecular complexity index is 802. The number of aliphatic carboxylic acids is 1. The van der Waals surface area contributed by atoms with Gasteiger partial charge in [-0.25, -0.2) is 0 Å². The zero-order chi connectivity index (χ0) is 20.1. The third-order valence-corrected chi connectivity index (χ3v) is 6.00. The van der Waals surface area contributed by atoms with E-state index in [1.54, 1.807) is 29.2 Å². The Labute approximate surface area is 173 Å². The summed E-state index contributed by atoms with van der Waals surface area (Å²) in [5, 5.41) is 10.6. The highest BCUT2D eigenvalue weighted by Crippen LogP contribution is 2.38. The van der Waals surface area contributed by atoms with Crippen molar-refractivity contribution in [3.05, 3.63) is 28.7 Å². The summed E-state index contributed by atoms with van der Waals surface area (Å²) in [5.74, 6) is -0.617. The van der Waals surface area contributed by atoms with Crippen LogP contribution in [0.25, 0.3) is 6.08 Å². The van der Waals surface area contributed by atoms with E-state index in [9.17, 15) is 14.7 Å². The summed E-state index contributed by atoms with van der Waals surface area (Å²) in [4.78, 5) is 25.9. The number of carboxylic acid groups (broad SMARTS) is 1. The highest BCUT2D eigenvalue weighted by atomic mass is 32.2. The second-order valence-electron chi connectivity index (χ2n) is 6.64. The summed E-state index contributed by atoms with van der Waals surface area (Å²) >= 11 is 6.78. The molecule has 1 aliphatic carbocycles. The van der Waals surface area contributed by atoms with Crippen LogP contribution in [0.3, 0.4) is 0 Å². The van der Waals surface area contributed by atoms with Crippen LogP contribution in [-0.4, -0.2) is 40.4 Å². The van der Waals surface area contributed by atoms with Gasteiger partial charge in [0.15, 0.2) is 11.5 Å². The fraction of sp³-hybridized carbons (Fsp3) is 0.450. The van der Waals surface area contributed by atoms with Gasteiger partial charge in [0, 0.05) is 6.04 Å². The van der Waals surface area contributed by atoms with Gasteiger partial charge >= 0.3 is 0 Å². The van der Waals surface area contributed by atoms with Crippen LogP contribution in [0, 0.1) is 0 Å². The van der Waals surface area contributed by atoms with Crippen molar-refractivity contribution in [1.29, 1.82) is 0 Å². The summed E-state index contributed by atoms with van der Waals surface area (Å²) in [5.41, 5.74) is 0.758. The normalized spacial score (nSPS) is 19.3. The second-order valence-corrected chi connectivity index (χ2v) is 8.32. The van der Waals surface area contributed by atoms with E-state index in [0.29, 0.717) is 27.3 Å². The molecule has 2 fully saturated rings. The molecule has 1 saturated heterocycles. The molecule has 0 atom stereocenters. The number of thiocarbonyl (C=S) groups is 1. The number of carbonyl (C=O) groups is 2. The molecule has 1 amide bonds. The van der Waals surface area contributed by atoms with E-state index in [2.05, 4.69) is 0 Å². The van der Waals surface area contributed by atoms with Gasteiger partial charge in [0.05, 0.1) is 17.5 Å². The van der Waals surface area contributed by atoms with Crippen molar-refractivity contribution in [2.45, 2.75) is 45.1 Å². The van der Waals surface area contributed by atoms with Crippen molar-refractivity contribution in [2.24, 2.45) is 0 Å². The average Bonchev–Trinajstić information content (AvgIpc) is 2.95. The maximum atomic E-state index is 12.9. The number of rotatable bonds is 7. The molecule has 0 N–H and O–H groups in total. The SMILES string of the molecule is CCOc1cc(/C=C2/SC(=S)N(C3CCCCC3)C2=O)ccc1OCC(=O)[O-]. The van der Waals surface area contributed by atoms with Gasteiger partial charge in [-0.05, 0) is 43.5 Å². The average molecular weight is 421 g/mol. The van der Waals surface area contributed by atoms with Crippen LogP contribution in [0.5, 0.6) is 11.5 Å². The number of carbonyl (C=O) groups excluding carboxylic acids is 2. The van der Waals surface area contributed by atoms with Crippen LogP contribution in [0.15, 0.2) is 23.1 Å². The Balaban J connectivity index is 1.80. The van der Waals surface area contributed by atoms with Gasteiger partial charge in [0.2, 0.25) is 0 Å². The molecule has 0 spiro atoms. The van der Waals surface area contributed by atoms with Gasteiger partial charge in [-0.15, -0.1) is 0 Å². The molecular formula is C20H22NO5S2-. The van der Waals surface area contributed by atoms with Crippen molar-refractivity contribution in [3.63, 3.8) is 0 Å². The van der Waals surface area contributed by atoms with E-state index in [-0.39, 0.29) is 11.9 Å². The van der Waals surface area contributed by atoms with Crippen LogP contribution in [0.2, 0.25) is 0 Å². The van der Waals surface area contributed by atoms with Crippen LogP contribution in [0.1, 0.15) is 44.6 Å². The van der Waals surface area contributed by atoms with E-state index >= 15 is 0 Å². The van der Waals surface area contributed by atoms with Crippen LogP contribution < -0.4 is 14.6 Å². The number of amides is 1.